The third-order valence-electron chi connectivity index (χ3n) is 4.64. The van der Waals surface area contributed by atoms with Gasteiger partial charge in [-0.05, 0) is 40.2 Å². The molecular weight excluding hydrogens is 370 g/mol. The topological polar surface area (TPSA) is 64.4 Å². The van der Waals surface area contributed by atoms with Crippen molar-refractivity contribution in [2.45, 2.75) is 51.9 Å². The lowest BCUT2D eigenvalue weighted by atomic mass is 10.2. The summed E-state index contributed by atoms with van der Waals surface area (Å²) >= 11 is 2.89. The van der Waals surface area contributed by atoms with E-state index in [1.165, 1.54) is 11.8 Å². The summed E-state index contributed by atoms with van der Waals surface area (Å²) in [4.78, 5) is 34.0. The summed E-state index contributed by atoms with van der Waals surface area (Å²) in [6.07, 6.45) is 0.0677. The van der Waals surface area contributed by atoms with Gasteiger partial charge < -0.3 is 9.64 Å². The Balaban J connectivity index is 1.88. The molecule has 1 fully saturated rings. The van der Waals surface area contributed by atoms with Crippen LogP contribution in [0.4, 0.5) is 0 Å². The predicted octanol–water partition coefficient (Wildman–Crippen LogP) is 3.00. The Morgan fingerprint density at radius 3 is 2.81 bits per heavy atom. The maximum atomic E-state index is 13.0. The van der Waals surface area contributed by atoms with Crippen LogP contribution in [0.5, 0.6) is 0 Å². The van der Waals surface area contributed by atoms with Crippen LogP contribution >= 0.6 is 23.1 Å². The number of rotatable bonds is 4. The third kappa shape index (κ3) is 3.68. The molecule has 3 heterocycles. The van der Waals surface area contributed by atoms with Crippen LogP contribution in [0.2, 0.25) is 0 Å². The van der Waals surface area contributed by atoms with Gasteiger partial charge in [-0.2, -0.15) is 0 Å². The van der Waals surface area contributed by atoms with Gasteiger partial charge in [0.1, 0.15) is 4.83 Å². The number of aryl methyl sites for hydroxylation is 2. The molecule has 1 amide bonds. The number of hydrogen-bond donors (Lipinski definition) is 0. The molecule has 1 aliphatic rings. The standard InChI is InChI=1S/C18H25N3O3S2/c1-10(2)21-17(23)15-12(4)13(5)26-16(15)19-18(21)25-9-14(22)20-6-7-24-11(3)8-20/h10-11H,6-9H2,1-5H3. The largest absolute Gasteiger partial charge is 0.375 e. The molecule has 0 saturated carbocycles. The van der Waals surface area contributed by atoms with Gasteiger partial charge in [-0.25, -0.2) is 4.98 Å². The first-order valence-electron chi connectivity index (χ1n) is 8.84. The molecule has 0 bridgehead atoms. The Morgan fingerprint density at radius 1 is 1.42 bits per heavy atom. The van der Waals surface area contributed by atoms with Gasteiger partial charge in [0.2, 0.25) is 5.91 Å². The van der Waals surface area contributed by atoms with Gasteiger partial charge in [-0.3, -0.25) is 14.2 Å². The average molecular weight is 396 g/mol. The van der Waals surface area contributed by atoms with Gasteiger partial charge in [0.15, 0.2) is 5.16 Å². The molecule has 8 heteroatoms. The molecule has 1 unspecified atom stereocenters. The van der Waals surface area contributed by atoms with Crippen LogP contribution in [0, 0.1) is 13.8 Å². The number of fused-ring (bicyclic) bond motifs is 1. The molecule has 0 aliphatic carbocycles. The number of thiophene rings is 1. The molecule has 0 aromatic carbocycles. The minimum atomic E-state index is -0.0139. The molecule has 3 rings (SSSR count). The van der Waals surface area contributed by atoms with Gasteiger partial charge in [0, 0.05) is 24.0 Å². The summed E-state index contributed by atoms with van der Waals surface area (Å²) in [6.45, 7) is 11.7. The van der Waals surface area contributed by atoms with E-state index < -0.39 is 0 Å². The highest BCUT2D eigenvalue weighted by molar-refractivity contribution is 7.99. The number of thioether (sulfide) groups is 1. The van der Waals surface area contributed by atoms with E-state index >= 15 is 0 Å². The Bertz CT molecular complexity index is 888. The fourth-order valence-corrected chi connectivity index (χ4v) is 5.21. The number of aromatic nitrogens is 2. The summed E-state index contributed by atoms with van der Waals surface area (Å²) in [5, 5.41) is 1.33. The quantitative estimate of drug-likeness (QED) is 0.588. The normalized spacial score (nSPS) is 18.1. The van der Waals surface area contributed by atoms with E-state index in [2.05, 4.69) is 0 Å². The first kappa shape index (κ1) is 19.4. The smallest absolute Gasteiger partial charge is 0.263 e. The van der Waals surface area contributed by atoms with Crippen molar-refractivity contribution in [3.63, 3.8) is 0 Å². The molecule has 0 radical (unpaired) electrons. The number of ether oxygens (including phenoxy) is 1. The van der Waals surface area contributed by atoms with Crippen LogP contribution in [0.15, 0.2) is 9.95 Å². The van der Waals surface area contributed by atoms with Crippen molar-refractivity contribution < 1.29 is 9.53 Å². The van der Waals surface area contributed by atoms with Crippen LogP contribution < -0.4 is 5.56 Å². The van der Waals surface area contributed by atoms with Crippen LogP contribution in [0.25, 0.3) is 10.2 Å². The number of nitrogens with zero attached hydrogens (tertiary/aromatic N) is 3. The average Bonchev–Trinajstić information content (AvgIpc) is 2.86. The molecule has 0 N–H and O–H groups in total. The fraction of sp³-hybridized carbons (Fsp3) is 0.611. The SMILES string of the molecule is Cc1sc2nc(SCC(=O)N3CCOC(C)C3)n(C(C)C)c(=O)c2c1C. The van der Waals surface area contributed by atoms with Crippen molar-refractivity contribution in [3.05, 3.63) is 20.8 Å². The van der Waals surface area contributed by atoms with Gasteiger partial charge in [0.25, 0.3) is 5.56 Å². The van der Waals surface area contributed by atoms with Gasteiger partial charge in [-0.15, -0.1) is 11.3 Å². The zero-order valence-electron chi connectivity index (χ0n) is 15.9. The Labute approximate surface area is 161 Å². The molecule has 142 valence electrons. The highest BCUT2D eigenvalue weighted by Crippen LogP contribution is 2.29. The summed E-state index contributed by atoms with van der Waals surface area (Å²) in [7, 11) is 0. The molecule has 6 nitrogen and oxygen atoms in total. The van der Waals surface area contributed by atoms with Crippen molar-refractivity contribution >= 4 is 39.2 Å². The summed E-state index contributed by atoms with van der Waals surface area (Å²) in [5.74, 6) is 0.342. The summed E-state index contributed by atoms with van der Waals surface area (Å²) < 4.78 is 7.20. The van der Waals surface area contributed by atoms with Gasteiger partial charge >= 0.3 is 0 Å². The van der Waals surface area contributed by atoms with E-state index in [4.69, 9.17) is 9.72 Å². The number of hydrogen-bond acceptors (Lipinski definition) is 6. The monoisotopic (exact) mass is 395 g/mol. The van der Waals surface area contributed by atoms with E-state index in [0.29, 0.717) is 30.2 Å². The highest BCUT2D eigenvalue weighted by Gasteiger charge is 2.23. The minimum absolute atomic E-state index is 0.0122. The van der Waals surface area contributed by atoms with E-state index in [0.717, 1.165) is 15.3 Å². The molecule has 2 aromatic rings. The zero-order valence-corrected chi connectivity index (χ0v) is 17.5. The van der Waals surface area contributed by atoms with Crippen molar-refractivity contribution in [2.24, 2.45) is 0 Å². The second kappa shape index (κ2) is 7.70. The summed E-state index contributed by atoms with van der Waals surface area (Å²) in [6, 6.07) is -0.0139. The van der Waals surface area contributed by atoms with Crippen molar-refractivity contribution in [3.8, 4) is 0 Å². The van der Waals surface area contributed by atoms with Crippen LogP contribution in [-0.2, 0) is 9.53 Å². The van der Waals surface area contributed by atoms with Crippen molar-refractivity contribution in [1.82, 2.24) is 14.5 Å². The number of carbonyl (C=O) groups excluding carboxylic acids is 1. The molecule has 1 atom stereocenters. The molecule has 2 aromatic heterocycles. The van der Waals surface area contributed by atoms with Gasteiger partial charge in [-0.1, -0.05) is 11.8 Å². The minimum Gasteiger partial charge on any atom is -0.375 e. The van der Waals surface area contributed by atoms with Crippen LogP contribution in [-0.4, -0.2) is 51.9 Å². The first-order valence-corrected chi connectivity index (χ1v) is 10.6. The Kier molecular flexibility index (Phi) is 5.74. The lowest BCUT2D eigenvalue weighted by molar-refractivity contribution is -0.135. The molecule has 1 saturated heterocycles. The second-order valence-corrected chi connectivity index (χ2v) is 9.08. The zero-order chi connectivity index (χ0) is 19.0. The van der Waals surface area contributed by atoms with E-state index in [1.807, 2.05) is 39.5 Å². The molecule has 26 heavy (non-hydrogen) atoms. The van der Waals surface area contributed by atoms with Crippen molar-refractivity contribution in [2.75, 3.05) is 25.4 Å². The number of amides is 1. The van der Waals surface area contributed by atoms with Crippen LogP contribution in [0.3, 0.4) is 0 Å². The highest BCUT2D eigenvalue weighted by atomic mass is 32.2. The van der Waals surface area contributed by atoms with E-state index in [9.17, 15) is 9.59 Å². The summed E-state index contributed by atoms with van der Waals surface area (Å²) in [5.41, 5.74) is 0.994. The Hall–Kier alpha value is -1.38. The molecule has 1 aliphatic heterocycles. The van der Waals surface area contributed by atoms with Crippen molar-refractivity contribution in [1.29, 1.82) is 0 Å². The Morgan fingerprint density at radius 2 is 2.15 bits per heavy atom. The third-order valence-corrected chi connectivity index (χ3v) is 6.68. The maximum Gasteiger partial charge on any atom is 0.263 e. The van der Waals surface area contributed by atoms with E-state index in [-0.39, 0.29) is 29.4 Å². The lowest BCUT2D eigenvalue weighted by Gasteiger charge is -2.31. The molecular formula is C18H25N3O3S2. The maximum absolute atomic E-state index is 13.0. The van der Waals surface area contributed by atoms with E-state index in [1.54, 1.807) is 15.9 Å². The first-order chi connectivity index (χ1) is 12.3. The van der Waals surface area contributed by atoms with Gasteiger partial charge in [0.05, 0.1) is 23.8 Å². The predicted molar refractivity (Wildman–Crippen MR) is 106 cm³/mol. The number of carbonyl (C=O) groups is 1. The second-order valence-electron chi connectivity index (χ2n) is 6.94. The fourth-order valence-electron chi connectivity index (χ4n) is 3.11. The lowest BCUT2D eigenvalue weighted by Crippen LogP contribution is -2.45. The van der Waals surface area contributed by atoms with Crippen LogP contribution in [0.1, 0.15) is 37.3 Å². The number of morpholine rings is 1. The molecule has 0 spiro atoms.